The van der Waals surface area contributed by atoms with Crippen LogP contribution in [0.4, 0.5) is 23.5 Å². The number of fused-ring (bicyclic) bond motifs is 2. The molecule has 4 heterocycles. The standard InChI is InChI=1S/C22H23F4N7O/c1-12-28-17-7-6-16(30-20(17)32(12)11-19(23)24)15-8-9-33-18(15)10-27-22(31-33)29-13-2-4-14(5-3-13)34-21(25)26/h6-10,13-14,19,21H,2-5,11H2,1H3,(H,29,31). The third-order valence-corrected chi connectivity index (χ3v) is 6.10. The zero-order valence-electron chi connectivity index (χ0n) is 18.3. The summed E-state index contributed by atoms with van der Waals surface area (Å²) in [7, 11) is 0. The number of alkyl halides is 4. The second kappa shape index (κ2) is 9.16. The molecule has 5 rings (SSSR count). The Labute approximate surface area is 192 Å². The van der Waals surface area contributed by atoms with Gasteiger partial charge in [-0.25, -0.2) is 28.2 Å². The van der Waals surface area contributed by atoms with Crippen molar-refractivity contribution in [1.82, 2.24) is 29.1 Å². The molecule has 12 heteroatoms. The van der Waals surface area contributed by atoms with Crippen LogP contribution in [0.5, 0.6) is 0 Å². The lowest BCUT2D eigenvalue weighted by atomic mass is 9.93. The molecule has 180 valence electrons. The van der Waals surface area contributed by atoms with Gasteiger partial charge in [-0.3, -0.25) is 0 Å². The number of nitrogens with zero attached hydrogens (tertiary/aromatic N) is 6. The van der Waals surface area contributed by atoms with Crippen molar-refractivity contribution in [1.29, 1.82) is 0 Å². The normalized spacial score (nSPS) is 19.0. The Bertz CT molecular complexity index is 1300. The molecule has 1 N–H and O–H groups in total. The van der Waals surface area contributed by atoms with Crippen molar-refractivity contribution in [2.45, 2.75) is 64.3 Å². The molecule has 0 amide bonds. The molecule has 0 bridgehead atoms. The number of rotatable bonds is 7. The van der Waals surface area contributed by atoms with Gasteiger partial charge >= 0.3 is 6.61 Å². The van der Waals surface area contributed by atoms with Gasteiger partial charge in [-0.1, -0.05) is 0 Å². The Morgan fingerprint density at radius 3 is 2.62 bits per heavy atom. The van der Waals surface area contributed by atoms with E-state index in [1.165, 1.54) is 4.57 Å². The first-order valence-corrected chi connectivity index (χ1v) is 11.0. The van der Waals surface area contributed by atoms with Crippen LogP contribution in [0.3, 0.4) is 0 Å². The van der Waals surface area contributed by atoms with E-state index >= 15 is 0 Å². The number of hydrogen-bond acceptors (Lipinski definition) is 6. The predicted octanol–water partition coefficient (Wildman–Crippen LogP) is 4.68. The Hall–Kier alpha value is -3.28. The highest BCUT2D eigenvalue weighted by atomic mass is 19.3. The molecule has 4 aromatic rings. The first kappa shape index (κ1) is 22.5. The minimum absolute atomic E-state index is 0.0763. The summed E-state index contributed by atoms with van der Waals surface area (Å²) in [6.07, 6.45) is 2.99. The summed E-state index contributed by atoms with van der Waals surface area (Å²) in [5.74, 6) is 0.914. The average molecular weight is 477 g/mol. The number of aromatic nitrogens is 6. The highest BCUT2D eigenvalue weighted by Gasteiger charge is 2.24. The molecular weight excluding hydrogens is 454 g/mol. The minimum Gasteiger partial charge on any atom is -0.350 e. The van der Waals surface area contributed by atoms with E-state index < -0.39 is 25.7 Å². The zero-order valence-corrected chi connectivity index (χ0v) is 18.3. The van der Waals surface area contributed by atoms with Gasteiger partial charge in [-0.15, -0.1) is 5.10 Å². The second-order valence-corrected chi connectivity index (χ2v) is 8.36. The van der Waals surface area contributed by atoms with Gasteiger partial charge in [0.05, 0.1) is 30.1 Å². The average Bonchev–Trinajstić information content (AvgIpc) is 3.34. The van der Waals surface area contributed by atoms with Crippen LogP contribution in [0, 0.1) is 6.92 Å². The van der Waals surface area contributed by atoms with Crippen LogP contribution in [0.1, 0.15) is 31.5 Å². The van der Waals surface area contributed by atoms with Crippen molar-refractivity contribution in [2.24, 2.45) is 0 Å². The van der Waals surface area contributed by atoms with Crippen LogP contribution in [0.15, 0.2) is 30.6 Å². The smallest absolute Gasteiger partial charge is 0.345 e. The quantitative estimate of drug-likeness (QED) is 0.390. The first-order valence-electron chi connectivity index (χ1n) is 11.0. The summed E-state index contributed by atoms with van der Waals surface area (Å²) < 4.78 is 58.5. The fourth-order valence-electron chi connectivity index (χ4n) is 4.48. The van der Waals surface area contributed by atoms with E-state index in [1.54, 1.807) is 36.0 Å². The van der Waals surface area contributed by atoms with Gasteiger partial charge in [0.15, 0.2) is 5.65 Å². The van der Waals surface area contributed by atoms with Gasteiger partial charge < -0.3 is 14.6 Å². The lowest BCUT2D eigenvalue weighted by Gasteiger charge is -2.28. The highest BCUT2D eigenvalue weighted by molar-refractivity contribution is 5.82. The molecule has 0 atom stereocenters. The Balaban J connectivity index is 1.35. The maximum absolute atomic E-state index is 13.0. The van der Waals surface area contributed by atoms with Crippen molar-refractivity contribution in [3.8, 4) is 11.3 Å². The Morgan fingerprint density at radius 1 is 1.09 bits per heavy atom. The molecule has 1 aliphatic carbocycles. The molecule has 0 spiro atoms. The van der Waals surface area contributed by atoms with Crippen molar-refractivity contribution < 1.29 is 22.3 Å². The predicted molar refractivity (Wildman–Crippen MR) is 117 cm³/mol. The van der Waals surface area contributed by atoms with Crippen LogP contribution >= 0.6 is 0 Å². The summed E-state index contributed by atoms with van der Waals surface area (Å²) in [5.41, 5.74) is 3.04. The molecule has 0 aliphatic heterocycles. The van der Waals surface area contributed by atoms with E-state index in [-0.39, 0.29) is 6.04 Å². The summed E-state index contributed by atoms with van der Waals surface area (Å²) in [6, 6.07) is 5.48. The number of imidazole rings is 1. The maximum Gasteiger partial charge on any atom is 0.345 e. The van der Waals surface area contributed by atoms with Crippen LogP contribution in [0.2, 0.25) is 0 Å². The molecule has 1 fully saturated rings. The highest BCUT2D eigenvalue weighted by Crippen LogP contribution is 2.28. The van der Waals surface area contributed by atoms with Crippen molar-refractivity contribution in [3.63, 3.8) is 0 Å². The monoisotopic (exact) mass is 477 g/mol. The van der Waals surface area contributed by atoms with Gasteiger partial charge in [0.25, 0.3) is 6.43 Å². The van der Waals surface area contributed by atoms with E-state index in [0.29, 0.717) is 59.8 Å². The van der Waals surface area contributed by atoms with Crippen molar-refractivity contribution in [3.05, 3.63) is 36.4 Å². The first-order chi connectivity index (χ1) is 16.4. The molecule has 0 aromatic carbocycles. The topological polar surface area (TPSA) is 82.2 Å². The van der Waals surface area contributed by atoms with Gasteiger partial charge in [0.2, 0.25) is 5.95 Å². The fourth-order valence-corrected chi connectivity index (χ4v) is 4.48. The van der Waals surface area contributed by atoms with E-state index in [2.05, 4.69) is 30.1 Å². The van der Waals surface area contributed by atoms with Crippen molar-refractivity contribution in [2.75, 3.05) is 5.32 Å². The van der Waals surface area contributed by atoms with E-state index in [4.69, 9.17) is 0 Å². The summed E-state index contributed by atoms with van der Waals surface area (Å²) in [4.78, 5) is 13.3. The molecule has 0 unspecified atom stereocenters. The molecule has 34 heavy (non-hydrogen) atoms. The largest absolute Gasteiger partial charge is 0.350 e. The molecule has 0 saturated heterocycles. The van der Waals surface area contributed by atoms with E-state index in [1.807, 2.05) is 6.07 Å². The van der Waals surface area contributed by atoms with Crippen molar-refractivity contribution >= 4 is 22.6 Å². The third-order valence-electron chi connectivity index (χ3n) is 6.10. The number of pyridine rings is 1. The lowest BCUT2D eigenvalue weighted by Crippen LogP contribution is -2.31. The maximum atomic E-state index is 13.0. The number of aryl methyl sites for hydroxylation is 1. The third kappa shape index (κ3) is 4.54. The molecule has 1 aliphatic rings. The van der Waals surface area contributed by atoms with Gasteiger partial charge in [-0.05, 0) is 50.8 Å². The number of hydrogen-bond donors (Lipinski definition) is 1. The van der Waals surface area contributed by atoms with Gasteiger partial charge in [-0.2, -0.15) is 8.78 Å². The fraction of sp³-hybridized carbons (Fsp3) is 0.455. The van der Waals surface area contributed by atoms with Gasteiger partial charge in [0.1, 0.15) is 11.3 Å². The SMILES string of the molecule is Cc1nc2ccc(-c3ccn4nc(NC5CCC(OC(F)F)CC5)ncc34)nc2n1CC(F)F. The molecule has 0 radical (unpaired) electrons. The molecule has 1 saturated carbocycles. The summed E-state index contributed by atoms with van der Waals surface area (Å²) in [6.45, 7) is -1.53. The Kier molecular flexibility index (Phi) is 6.07. The number of anilines is 1. The Morgan fingerprint density at radius 2 is 1.88 bits per heavy atom. The minimum atomic E-state index is -2.74. The van der Waals surface area contributed by atoms with Crippen LogP contribution in [-0.2, 0) is 11.3 Å². The number of halogens is 4. The van der Waals surface area contributed by atoms with Crippen LogP contribution in [0.25, 0.3) is 27.9 Å². The lowest BCUT2D eigenvalue weighted by molar-refractivity contribution is -0.169. The summed E-state index contributed by atoms with van der Waals surface area (Å²) in [5, 5.41) is 7.77. The number of nitrogens with one attached hydrogen (secondary N) is 1. The van der Waals surface area contributed by atoms with Gasteiger partial charge in [0, 0.05) is 17.8 Å². The molecule has 4 aromatic heterocycles. The molecule has 8 nitrogen and oxygen atoms in total. The molecular formula is C22H23F4N7O. The van der Waals surface area contributed by atoms with Crippen LogP contribution in [-0.4, -0.2) is 54.3 Å². The van der Waals surface area contributed by atoms with Crippen LogP contribution < -0.4 is 5.32 Å². The second-order valence-electron chi connectivity index (χ2n) is 8.36. The number of ether oxygens (including phenoxy) is 1. The van der Waals surface area contributed by atoms with E-state index in [9.17, 15) is 17.6 Å². The summed E-state index contributed by atoms with van der Waals surface area (Å²) >= 11 is 0. The van der Waals surface area contributed by atoms with E-state index in [0.717, 1.165) is 5.56 Å². The zero-order chi connectivity index (χ0) is 23.8.